The van der Waals surface area contributed by atoms with Crippen LogP contribution in [0.15, 0.2) is 0 Å². The maximum Gasteiger partial charge on any atom is 0.236 e. The molecule has 4 heteroatoms. The first-order valence-electron chi connectivity index (χ1n) is 8.04. The van der Waals surface area contributed by atoms with Gasteiger partial charge in [-0.25, -0.2) is 0 Å². The number of amides is 1. The van der Waals surface area contributed by atoms with E-state index in [2.05, 4.69) is 22.0 Å². The van der Waals surface area contributed by atoms with E-state index in [9.17, 15) is 4.79 Å². The second-order valence-electron chi connectivity index (χ2n) is 6.41. The second-order valence-corrected chi connectivity index (χ2v) is 6.41. The Hall–Kier alpha value is -0.610. The summed E-state index contributed by atoms with van der Waals surface area (Å²) in [5.74, 6) is 0.352. The molecule has 3 heterocycles. The zero-order valence-corrected chi connectivity index (χ0v) is 12.1. The molecule has 0 spiro atoms. The fourth-order valence-corrected chi connectivity index (χ4v) is 4.06. The fourth-order valence-electron chi connectivity index (χ4n) is 4.06. The van der Waals surface area contributed by atoms with E-state index < -0.39 is 0 Å². The lowest BCUT2D eigenvalue weighted by atomic mass is 9.98. The molecule has 0 aromatic carbocycles. The Labute approximate surface area is 116 Å². The molecule has 3 aliphatic heterocycles. The van der Waals surface area contributed by atoms with Gasteiger partial charge in [0.05, 0.1) is 6.54 Å². The van der Waals surface area contributed by atoms with Crippen molar-refractivity contribution < 1.29 is 4.79 Å². The monoisotopic (exact) mass is 265 g/mol. The molecule has 1 amide bonds. The van der Waals surface area contributed by atoms with Gasteiger partial charge < -0.3 is 10.2 Å². The summed E-state index contributed by atoms with van der Waals surface area (Å²) >= 11 is 0. The van der Waals surface area contributed by atoms with Crippen molar-refractivity contribution in [3.8, 4) is 0 Å². The summed E-state index contributed by atoms with van der Waals surface area (Å²) in [7, 11) is 0. The van der Waals surface area contributed by atoms with Crippen molar-refractivity contribution in [2.45, 2.75) is 63.6 Å². The summed E-state index contributed by atoms with van der Waals surface area (Å²) in [5.41, 5.74) is 0. The van der Waals surface area contributed by atoms with Crippen LogP contribution in [0.2, 0.25) is 0 Å². The highest BCUT2D eigenvalue weighted by Gasteiger charge is 2.36. The molecule has 2 unspecified atom stereocenters. The highest BCUT2D eigenvalue weighted by atomic mass is 16.2. The number of rotatable bonds is 4. The number of carbonyl (C=O) groups excluding carboxylic acids is 1. The van der Waals surface area contributed by atoms with Crippen LogP contribution in [0, 0.1) is 0 Å². The molecule has 19 heavy (non-hydrogen) atoms. The Morgan fingerprint density at radius 3 is 2.42 bits per heavy atom. The zero-order valence-electron chi connectivity index (χ0n) is 12.1. The number of piperidine rings is 1. The fraction of sp³-hybridized carbons (Fsp3) is 0.933. The van der Waals surface area contributed by atoms with Crippen LogP contribution in [0.5, 0.6) is 0 Å². The molecule has 3 saturated heterocycles. The first kappa shape index (κ1) is 13.4. The van der Waals surface area contributed by atoms with E-state index in [1.165, 1.54) is 38.5 Å². The third-order valence-corrected chi connectivity index (χ3v) is 5.17. The van der Waals surface area contributed by atoms with Crippen LogP contribution in [-0.4, -0.2) is 60.0 Å². The molecule has 0 aromatic heterocycles. The Kier molecular flexibility index (Phi) is 4.08. The number of likely N-dealkylation sites (tertiary alicyclic amines) is 1. The minimum absolute atomic E-state index is 0.352. The molecular formula is C15H27N3O. The SMILES string of the molecule is CCN(CC(=O)N1CCCC1)C1CC2CCC(C1)N2. The van der Waals surface area contributed by atoms with E-state index >= 15 is 0 Å². The van der Waals surface area contributed by atoms with Gasteiger partial charge in [0, 0.05) is 31.2 Å². The van der Waals surface area contributed by atoms with Gasteiger partial charge in [0.15, 0.2) is 0 Å². The van der Waals surface area contributed by atoms with Gasteiger partial charge in [0.1, 0.15) is 0 Å². The van der Waals surface area contributed by atoms with Crippen LogP contribution in [0.3, 0.4) is 0 Å². The highest BCUT2D eigenvalue weighted by Crippen LogP contribution is 2.29. The van der Waals surface area contributed by atoms with Gasteiger partial charge in [0.25, 0.3) is 0 Å². The van der Waals surface area contributed by atoms with Crippen molar-refractivity contribution in [2.75, 3.05) is 26.2 Å². The predicted octanol–water partition coefficient (Wildman–Crippen LogP) is 1.21. The molecule has 4 nitrogen and oxygen atoms in total. The van der Waals surface area contributed by atoms with E-state index in [1.807, 2.05) is 0 Å². The maximum atomic E-state index is 12.3. The Bertz CT molecular complexity index is 315. The predicted molar refractivity (Wildman–Crippen MR) is 76.0 cm³/mol. The van der Waals surface area contributed by atoms with Gasteiger partial charge in [-0.3, -0.25) is 9.69 Å². The van der Waals surface area contributed by atoms with E-state index in [0.717, 1.165) is 19.6 Å². The molecule has 2 atom stereocenters. The molecule has 1 N–H and O–H groups in total. The van der Waals surface area contributed by atoms with Crippen LogP contribution in [0.1, 0.15) is 45.4 Å². The van der Waals surface area contributed by atoms with Gasteiger partial charge in [-0.15, -0.1) is 0 Å². The van der Waals surface area contributed by atoms with E-state index in [1.54, 1.807) is 0 Å². The van der Waals surface area contributed by atoms with Crippen LogP contribution >= 0.6 is 0 Å². The van der Waals surface area contributed by atoms with Crippen LogP contribution in [-0.2, 0) is 4.79 Å². The number of nitrogens with one attached hydrogen (secondary N) is 1. The van der Waals surface area contributed by atoms with E-state index in [4.69, 9.17) is 0 Å². The molecule has 0 aromatic rings. The molecular weight excluding hydrogens is 238 g/mol. The molecule has 0 aliphatic carbocycles. The Morgan fingerprint density at radius 2 is 1.84 bits per heavy atom. The standard InChI is InChI=1S/C15H27N3O/c1-2-17(11-15(19)18-7-3-4-8-18)14-9-12-5-6-13(10-14)16-12/h12-14,16H,2-11H2,1H3. The minimum atomic E-state index is 0.352. The van der Waals surface area contributed by atoms with Gasteiger partial charge >= 0.3 is 0 Å². The largest absolute Gasteiger partial charge is 0.342 e. The van der Waals surface area contributed by atoms with Gasteiger partial charge in [-0.1, -0.05) is 6.92 Å². The highest BCUT2D eigenvalue weighted by molar-refractivity contribution is 5.78. The van der Waals surface area contributed by atoms with Crippen molar-refractivity contribution in [2.24, 2.45) is 0 Å². The number of carbonyl (C=O) groups is 1. The molecule has 108 valence electrons. The topological polar surface area (TPSA) is 35.6 Å². The first-order valence-corrected chi connectivity index (χ1v) is 8.04. The van der Waals surface area contributed by atoms with Crippen LogP contribution in [0.4, 0.5) is 0 Å². The average Bonchev–Trinajstić information content (AvgIpc) is 3.05. The van der Waals surface area contributed by atoms with Gasteiger partial charge in [-0.05, 0) is 45.1 Å². The summed E-state index contributed by atoms with van der Waals surface area (Å²) in [6, 6.07) is 2.04. The molecule has 0 radical (unpaired) electrons. The van der Waals surface area contributed by atoms with Crippen LogP contribution in [0.25, 0.3) is 0 Å². The molecule has 2 bridgehead atoms. The second kappa shape index (κ2) is 5.80. The summed E-state index contributed by atoms with van der Waals surface area (Å²) < 4.78 is 0. The number of fused-ring (bicyclic) bond motifs is 2. The van der Waals surface area contributed by atoms with Crippen molar-refractivity contribution in [1.29, 1.82) is 0 Å². The Balaban J connectivity index is 1.56. The third kappa shape index (κ3) is 2.95. The number of likely N-dealkylation sites (N-methyl/N-ethyl adjacent to an activating group) is 1. The maximum absolute atomic E-state index is 12.3. The summed E-state index contributed by atoms with van der Waals surface area (Å²) in [6.07, 6.45) is 7.51. The zero-order chi connectivity index (χ0) is 13.2. The lowest BCUT2D eigenvalue weighted by Crippen LogP contribution is -2.51. The third-order valence-electron chi connectivity index (χ3n) is 5.17. The average molecular weight is 265 g/mol. The summed E-state index contributed by atoms with van der Waals surface area (Å²) in [6.45, 7) is 5.80. The number of nitrogens with zero attached hydrogens (tertiary/aromatic N) is 2. The number of hydrogen-bond acceptors (Lipinski definition) is 3. The normalized spacial score (nSPS) is 34.2. The van der Waals surface area contributed by atoms with Gasteiger partial charge in [-0.2, -0.15) is 0 Å². The molecule has 3 rings (SSSR count). The quantitative estimate of drug-likeness (QED) is 0.830. The summed E-state index contributed by atoms with van der Waals surface area (Å²) in [4.78, 5) is 16.8. The van der Waals surface area contributed by atoms with Gasteiger partial charge in [0.2, 0.25) is 5.91 Å². The molecule has 3 fully saturated rings. The first-order chi connectivity index (χ1) is 9.26. The lowest BCUT2D eigenvalue weighted by Gasteiger charge is -2.37. The number of hydrogen-bond donors (Lipinski definition) is 1. The van der Waals surface area contributed by atoms with Crippen molar-refractivity contribution >= 4 is 5.91 Å². The van der Waals surface area contributed by atoms with Crippen molar-refractivity contribution in [3.63, 3.8) is 0 Å². The van der Waals surface area contributed by atoms with Crippen molar-refractivity contribution in [3.05, 3.63) is 0 Å². The molecule has 3 aliphatic rings. The smallest absolute Gasteiger partial charge is 0.236 e. The Morgan fingerprint density at radius 1 is 1.21 bits per heavy atom. The van der Waals surface area contributed by atoms with E-state index in [0.29, 0.717) is 30.6 Å². The van der Waals surface area contributed by atoms with E-state index in [-0.39, 0.29) is 0 Å². The summed E-state index contributed by atoms with van der Waals surface area (Å²) in [5, 5.41) is 3.69. The molecule has 0 saturated carbocycles. The van der Waals surface area contributed by atoms with Crippen molar-refractivity contribution in [1.82, 2.24) is 15.1 Å². The lowest BCUT2D eigenvalue weighted by molar-refractivity contribution is -0.132. The van der Waals surface area contributed by atoms with Crippen LogP contribution < -0.4 is 5.32 Å². The minimum Gasteiger partial charge on any atom is -0.342 e.